The fourth-order valence-corrected chi connectivity index (χ4v) is 4.77. The van der Waals surface area contributed by atoms with Gasteiger partial charge in [-0.1, -0.05) is 0 Å². The first-order valence-electron chi connectivity index (χ1n) is 5.57. The Morgan fingerprint density at radius 1 is 1.50 bits per heavy atom. The minimum atomic E-state index is -3.39. The number of hydrogen-bond acceptors (Lipinski definition) is 5. The lowest BCUT2D eigenvalue weighted by Gasteiger charge is -2.09. The molecule has 1 saturated heterocycles. The third kappa shape index (κ3) is 3.88. The van der Waals surface area contributed by atoms with Crippen LogP contribution in [0.5, 0.6) is 0 Å². The normalized spacial score (nSPS) is 20.2. The van der Waals surface area contributed by atoms with Crippen molar-refractivity contribution in [2.75, 3.05) is 18.1 Å². The van der Waals surface area contributed by atoms with E-state index in [4.69, 9.17) is 4.74 Å². The van der Waals surface area contributed by atoms with Gasteiger partial charge < -0.3 is 4.74 Å². The summed E-state index contributed by atoms with van der Waals surface area (Å²) >= 11 is 4.50. The number of carbonyl (C=O) groups excluding carboxylic acids is 1. The summed E-state index contributed by atoms with van der Waals surface area (Å²) in [5.74, 6) is -0.825. The molecular formula is C11H13BrO4S2. The monoisotopic (exact) mass is 352 g/mol. The molecule has 2 rings (SSSR count). The quantitative estimate of drug-likeness (QED) is 0.762. The molecule has 4 nitrogen and oxygen atoms in total. The lowest BCUT2D eigenvalue weighted by molar-refractivity contribution is 0.102. The van der Waals surface area contributed by atoms with Crippen molar-refractivity contribution in [3.05, 3.63) is 20.8 Å². The number of thiophene rings is 1. The van der Waals surface area contributed by atoms with Gasteiger partial charge in [0.15, 0.2) is 15.6 Å². The molecule has 0 spiro atoms. The van der Waals surface area contributed by atoms with Gasteiger partial charge in [0.25, 0.3) is 0 Å². The second-order valence-electron chi connectivity index (χ2n) is 4.22. The summed E-state index contributed by atoms with van der Waals surface area (Å²) < 4.78 is 29.8. The molecule has 1 atom stereocenters. The van der Waals surface area contributed by atoms with Crippen LogP contribution in [0.25, 0.3) is 0 Å². The largest absolute Gasteiger partial charge is 0.377 e. The Morgan fingerprint density at radius 3 is 2.83 bits per heavy atom. The highest BCUT2D eigenvalue weighted by molar-refractivity contribution is 9.11. The van der Waals surface area contributed by atoms with E-state index in [0.717, 1.165) is 16.6 Å². The van der Waals surface area contributed by atoms with E-state index in [1.54, 1.807) is 12.1 Å². The van der Waals surface area contributed by atoms with Crippen LogP contribution in [0.2, 0.25) is 0 Å². The summed E-state index contributed by atoms with van der Waals surface area (Å²) in [7, 11) is -3.39. The van der Waals surface area contributed by atoms with Gasteiger partial charge in [0.05, 0.1) is 20.5 Å². The minimum Gasteiger partial charge on any atom is -0.377 e. The van der Waals surface area contributed by atoms with Crippen molar-refractivity contribution in [2.45, 2.75) is 18.9 Å². The van der Waals surface area contributed by atoms with E-state index in [0.29, 0.717) is 11.5 Å². The average Bonchev–Trinajstić information content (AvgIpc) is 2.87. The van der Waals surface area contributed by atoms with Gasteiger partial charge in [0, 0.05) is 6.61 Å². The Bertz CT molecular complexity index is 529. The topological polar surface area (TPSA) is 60.4 Å². The zero-order chi connectivity index (χ0) is 13.2. The molecule has 1 fully saturated rings. The highest BCUT2D eigenvalue weighted by Crippen LogP contribution is 2.23. The number of hydrogen-bond donors (Lipinski definition) is 0. The number of carbonyl (C=O) groups is 1. The van der Waals surface area contributed by atoms with Crippen LogP contribution >= 0.6 is 27.3 Å². The maximum absolute atomic E-state index is 11.9. The zero-order valence-corrected chi connectivity index (χ0v) is 12.8. The van der Waals surface area contributed by atoms with Crippen LogP contribution in [0.3, 0.4) is 0 Å². The molecule has 1 aromatic rings. The van der Waals surface area contributed by atoms with E-state index >= 15 is 0 Å². The number of ether oxygens (including phenoxy) is 1. The average molecular weight is 353 g/mol. The molecule has 0 radical (unpaired) electrons. The van der Waals surface area contributed by atoms with Crippen LogP contribution < -0.4 is 0 Å². The van der Waals surface area contributed by atoms with Crippen molar-refractivity contribution in [1.29, 1.82) is 0 Å². The Balaban J connectivity index is 1.97. The third-order valence-corrected chi connectivity index (χ3v) is 5.91. The van der Waals surface area contributed by atoms with Crippen molar-refractivity contribution in [3.8, 4) is 0 Å². The maximum atomic E-state index is 11.9. The zero-order valence-electron chi connectivity index (χ0n) is 9.60. The van der Waals surface area contributed by atoms with E-state index < -0.39 is 15.6 Å². The fourth-order valence-electron chi connectivity index (χ4n) is 1.85. The summed E-state index contributed by atoms with van der Waals surface area (Å²) in [6.45, 7) is 0.617. The van der Waals surface area contributed by atoms with E-state index in [2.05, 4.69) is 15.9 Å². The molecule has 0 N–H and O–H groups in total. The molecule has 1 aliphatic heterocycles. The summed E-state index contributed by atoms with van der Waals surface area (Å²) in [5.41, 5.74) is 0. The van der Waals surface area contributed by atoms with Gasteiger partial charge in [0.1, 0.15) is 5.75 Å². The van der Waals surface area contributed by atoms with Gasteiger partial charge in [-0.05, 0) is 40.9 Å². The predicted octanol–water partition coefficient (Wildman–Crippen LogP) is 2.29. The number of halogens is 1. The molecule has 0 amide bonds. The highest BCUT2D eigenvalue weighted by atomic mass is 79.9. The number of rotatable bonds is 5. The van der Waals surface area contributed by atoms with E-state index in [9.17, 15) is 13.2 Å². The van der Waals surface area contributed by atoms with Crippen LogP contribution in [-0.4, -0.2) is 38.4 Å². The molecule has 18 heavy (non-hydrogen) atoms. The molecule has 0 saturated carbocycles. The van der Waals surface area contributed by atoms with E-state index in [-0.39, 0.29) is 17.6 Å². The summed E-state index contributed by atoms with van der Waals surface area (Å²) in [5, 5.41) is 0. The van der Waals surface area contributed by atoms with E-state index in [1.807, 2.05) is 0 Å². The van der Waals surface area contributed by atoms with Gasteiger partial charge >= 0.3 is 0 Å². The molecule has 100 valence electrons. The Morgan fingerprint density at radius 2 is 2.28 bits per heavy atom. The molecule has 1 aliphatic rings. The van der Waals surface area contributed by atoms with Crippen molar-refractivity contribution in [1.82, 2.24) is 0 Å². The van der Waals surface area contributed by atoms with Gasteiger partial charge in [-0.25, -0.2) is 8.42 Å². The predicted molar refractivity (Wildman–Crippen MR) is 74.0 cm³/mol. The van der Waals surface area contributed by atoms with Crippen LogP contribution in [-0.2, 0) is 14.6 Å². The second kappa shape index (κ2) is 5.81. The molecule has 2 heterocycles. The molecule has 7 heteroatoms. The summed E-state index contributed by atoms with van der Waals surface area (Å²) in [4.78, 5) is 12.3. The molecule has 0 aromatic carbocycles. The lowest BCUT2D eigenvalue weighted by atomic mass is 10.3. The molecule has 0 bridgehead atoms. The highest BCUT2D eigenvalue weighted by Gasteiger charge is 2.26. The standard InChI is InChI=1S/C11H13BrO4S2/c12-11-4-3-10(17-11)9(13)7-18(14,15)6-8-2-1-5-16-8/h3-4,8H,1-2,5-7H2. The number of Topliss-reactive ketones (excluding diaryl/α,β-unsaturated/α-hetero) is 1. The Labute approximate surface area is 118 Å². The second-order valence-corrected chi connectivity index (χ2v) is 8.79. The van der Waals surface area contributed by atoms with Gasteiger partial charge in [0.2, 0.25) is 0 Å². The lowest BCUT2D eigenvalue weighted by Crippen LogP contribution is -2.25. The first kappa shape index (κ1) is 14.2. The molecular weight excluding hydrogens is 340 g/mol. The minimum absolute atomic E-state index is 0.0503. The number of sulfone groups is 1. The smallest absolute Gasteiger partial charge is 0.187 e. The first-order chi connectivity index (χ1) is 8.46. The van der Waals surface area contributed by atoms with Crippen LogP contribution in [0.15, 0.2) is 15.9 Å². The molecule has 1 aromatic heterocycles. The van der Waals surface area contributed by atoms with Crippen LogP contribution in [0.4, 0.5) is 0 Å². The van der Waals surface area contributed by atoms with Crippen LogP contribution in [0, 0.1) is 0 Å². The fraction of sp³-hybridized carbons (Fsp3) is 0.545. The van der Waals surface area contributed by atoms with Crippen molar-refractivity contribution >= 4 is 42.9 Å². The summed E-state index contributed by atoms with van der Waals surface area (Å²) in [6, 6.07) is 3.38. The maximum Gasteiger partial charge on any atom is 0.187 e. The van der Waals surface area contributed by atoms with E-state index in [1.165, 1.54) is 11.3 Å². The SMILES string of the molecule is O=C(CS(=O)(=O)CC1CCCO1)c1ccc(Br)s1. The van der Waals surface area contributed by atoms with Gasteiger partial charge in [-0.2, -0.15) is 0 Å². The van der Waals surface area contributed by atoms with Crippen molar-refractivity contribution in [3.63, 3.8) is 0 Å². The van der Waals surface area contributed by atoms with Crippen molar-refractivity contribution < 1.29 is 17.9 Å². The van der Waals surface area contributed by atoms with Crippen LogP contribution in [0.1, 0.15) is 22.5 Å². The molecule has 1 unspecified atom stereocenters. The Hall–Kier alpha value is -0.240. The molecule has 0 aliphatic carbocycles. The first-order valence-corrected chi connectivity index (χ1v) is 9.00. The Kier molecular flexibility index (Phi) is 4.58. The van der Waals surface area contributed by atoms with Crippen molar-refractivity contribution in [2.24, 2.45) is 0 Å². The summed E-state index contributed by atoms with van der Waals surface area (Å²) in [6.07, 6.45) is 1.42. The number of ketones is 1. The third-order valence-electron chi connectivity index (χ3n) is 2.66. The van der Waals surface area contributed by atoms with Gasteiger partial charge in [-0.15, -0.1) is 11.3 Å². The van der Waals surface area contributed by atoms with Gasteiger partial charge in [-0.3, -0.25) is 4.79 Å².